The Morgan fingerprint density at radius 3 is 2.47 bits per heavy atom. The van der Waals surface area contributed by atoms with Crippen LogP contribution in [0.5, 0.6) is 0 Å². The van der Waals surface area contributed by atoms with E-state index in [2.05, 4.69) is 31.4 Å². The van der Waals surface area contributed by atoms with Crippen molar-refractivity contribution in [3.05, 3.63) is 0 Å². The van der Waals surface area contributed by atoms with E-state index in [1.54, 1.807) is 0 Å². The van der Waals surface area contributed by atoms with Gasteiger partial charge in [0, 0.05) is 13.1 Å². The van der Waals surface area contributed by atoms with E-state index in [0.717, 1.165) is 17.6 Å². The van der Waals surface area contributed by atoms with Gasteiger partial charge in [0.2, 0.25) is 0 Å². The minimum absolute atomic E-state index is 0.587. The van der Waals surface area contributed by atoms with E-state index in [0.29, 0.717) is 5.41 Å². The molecule has 2 unspecified atom stereocenters. The molecule has 0 aromatic carbocycles. The van der Waals surface area contributed by atoms with Crippen LogP contribution in [0.2, 0.25) is 0 Å². The summed E-state index contributed by atoms with van der Waals surface area (Å²) in [6, 6.07) is 0. The second kappa shape index (κ2) is 4.67. The van der Waals surface area contributed by atoms with Crippen molar-refractivity contribution in [3.8, 4) is 0 Å². The Kier molecular flexibility index (Phi) is 3.67. The summed E-state index contributed by atoms with van der Waals surface area (Å²) < 4.78 is 0. The first-order valence-corrected chi connectivity index (χ1v) is 7.12. The maximum absolute atomic E-state index is 4.55. The van der Waals surface area contributed by atoms with E-state index < -0.39 is 0 Å². The zero-order valence-corrected chi connectivity index (χ0v) is 11.1. The number of rotatable bonds is 3. The van der Waals surface area contributed by atoms with Gasteiger partial charge in [0.05, 0.1) is 0 Å². The number of nitrogens with zero attached hydrogens (tertiary/aromatic N) is 1. The van der Waals surface area contributed by atoms with Gasteiger partial charge in [0.1, 0.15) is 0 Å². The van der Waals surface area contributed by atoms with Crippen LogP contribution in [-0.2, 0) is 0 Å². The molecule has 2 fully saturated rings. The summed E-state index contributed by atoms with van der Waals surface area (Å²) in [4.78, 5) is 2.69. The molecule has 0 aromatic rings. The molecule has 1 saturated carbocycles. The molecule has 1 saturated heterocycles. The van der Waals surface area contributed by atoms with Crippen molar-refractivity contribution >= 4 is 12.6 Å². The minimum atomic E-state index is 0.587. The maximum atomic E-state index is 4.55. The minimum Gasteiger partial charge on any atom is -0.302 e. The fraction of sp³-hybridized carbons (Fsp3) is 1.00. The first-order valence-electron chi connectivity index (χ1n) is 6.48. The van der Waals surface area contributed by atoms with Crippen molar-refractivity contribution in [1.29, 1.82) is 0 Å². The van der Waals surface area contributed by atoms with Crippen molar-refractivity contribution in [3.63, 3.8) is 0 Å². The van der Waals surface area contributed by atoms with E-state index >= 15 is 0 Å². The predicted octanol–water partition coefficient (Wildman–Crippen LogP) is 3.06. The van der Waals surface area contributed by atoms with Gasteiger partial charge in [-0.1, -0.05) is 20.3 Å². The van der Waals surface area contributed by atoms with Crippen LogP contribution < -0.4 is 0 Å². The Hall–Kier alpha value is 0.310. The molecular weight excluding hydrogens is 202 g/mol. The molecule has 2 atom stereocenters. The number of likely N-dealkylation sites (tertiary alicyclic amines) is 1. The highest BCUT2D eigenvalue weighted by atomic mass is 32.1. The molecule has 2 heteroatoms. The molecule has 0 N–H and O–H groups in total. The lowest BCUT2D eigenvalue weighted by molar-refractivity contribution is 0.0508. The second-order valence-electron chi connectivity index (χ2n) is 5.99. The molecule has 1 aliphatic heterocycles. The quantitative estimate of drug-likeness (QED) is 0.725. The summed E-state index contributed by atoms with van der Waals surface area (Å²) in [6.07, 6.45) is 5.65. The van der Waals surface area contributed by atoms with Crippen molar-refractivity contribution in [1.82, 2.24) is 4.90 Å². The van der Waals surface area contributed by atoms with Gasteiger partial charge in [0.25, 0.3) is 0 Å². The highest BCUT2D eigenvalue weighted by molar-refractivity contribution is 7.80. The zero-order valence-electron chi connectivity index (χ0n) is 10.2. The maximum Gasteiger partial charge on any atom is 0.00459 e. The molecule has 0 aromatic heterocycles. The van der Waals surface area contributed by atoms with Crippen LogP contribution in [-0.4, -0.2) is 30.3 Å². The summed E-state index contributed by atoms with van der Waals surface area (Å²) in [5, 5.41) is 0. The Balaban J connectivity index is 1.84. The van der Waals surface area contributed by atoms with Gasteiger partial charge in [-0.2, -0.15) is 12.6 Å². The lowest BCUT2D eigenvalue weighted by Gasteiger charge is -2.46. The zero-order chi connectivity index (χ0) is 10.9. The van der Waals surface area contributed by atoms with E-state index in [-0.39, 0.29) is 0 Å². The average molecular weight is 227 g/mol. The Labute approximate surface area is 100 Å². The molecule has 1 nitrogen and oxygen atoms in total. The Bertz CT molecular complexity index is 207. The van der Waals surface area contributed by atoms with Gasteiger partial charge in [-0.25, -0.2) is 0 Å². The topological polar surface area (TPSA) is 3.24 Å². The van der Waals surface area contributed by atoms with Crippen molar-refractivity contribution in [2.75, 3.05) is 25.4 Å². The van der Waals surface area contributed by atoms with Crippen molar-refractivity contribution in [2.24, 2.45) is 17.3 Å². The van der Waals surface area contributed by atoms with Crippen molar-refractivity contribution in [2.45, 2.75) is 39.5 Å². The molecule has 1 aliphatic carbocycles. The van der Waals surface area contributed by atoms with E-state index in [4.69, 9.17) is 0 Å². The highest BCUT2D eigenvalue weighted by Crippen LogP contribution is 2.43. The first-order chi connectivity index (χ1) is 7.15. The monoisotopic (exact) mass is 227 g/mol. The number of hydrogen-bond acceptors (Lipinski definition) is 2. The fourth-order valence-corrected chi connectivity index (χ4v) is 3.43. The summed E-state index contributed by atoms with van der Waals surface area (Å²) in [5.41, 5.74) is 0.587. The molecule has 0 radical (unpaired) electrons. The molecular formula is C13H25NS. The largest absolute Gasteiger partial charge is 0.302 e. The summed E-state index contributed by atoms with van der Waals surface area (Å²) >= 11 is 4.55. The average Bonchev–Trinajstić information content (AvgIpc) is 2.17. The predicted molar refractivity (Wildman–Crippen MR) is 69.5 cm³/mol. The van der Waals surface area contributed by atoms with Gasteiger partial charge in [-0.15, -0.1) is 0 Å². The van der Waals surface area contributed by atoms with Crippen molar-refractivity contribution < 1.29 is 0 Å². The molecule has 2 rings (SSSR count). The molecule has 0 amide bonds. The summed E-state index contributed by atoms with van der Waals surface area (Å²) in [6.45, 7) is 8.76. The van der Waals surface area contributed by atoms with Gasteiger partial charge >= 0.3 is 0 Å². The third-order valence-corrected chi connectivity index (χ3v) is 5.40. The molecule has 0 spiro atoms. The van der Waals surface area contributed by atoms with E-state index in [9.17, 15) is 0 Å². The van der Waals surface area contributed by atoms with Gasteiger partial charge < -0.3 is 4.90 Å². The number of hydrogen-bond donors (Lipinski definition) is 1. The fourth-order valence-electron chi connectivity index (χ4n) is 3.01. The van der Waals surface area contributed by atoms with Crippen LogP contribution in [0, 0.1) is 17.3 Å². The lowest BCUT2D eigenvalue weighted by atomic mass is 9.69. The summed E-state index contributed by atoms with van der Waals surface area (Å²) in [7, 11) is 0. The molecule has 88 valence electrons. The van der Waals surface area contributed by atoms with Crippen LogP contribution in [0.25, 0.3) is 0 Å². The third kappa shape index (κ3) is 2.52. The highest BCUT2D eigenvalue weighted by Gasteiger charge is 2.38. The number of thiol groups is 1. The van der Waals surface area contributed by atoms with E-state index in [1.807, 2.05) is 0 Å². The Morgan fingerprint density at radius 2 is 2.00 bits per heavy atom. The standard InChI is InChI=1S/C13H25NS/c1-11-4-7-14(8-12(11)2)9-13(10-15)5-3-6-13/h11-12,15H,3-10H2,1-2H3. The molecule has 1 heterocycles. The molecule has 2 aliphatic rings. The SMILES string of the molecule is CC1CCN(CC2(CS)CCC2)CC1C. The van der Waals surface area contributed by atoms with Crippen LogP contribution in [0.1, 0.15) is 39.5 Å². The van der Waals surface area contributed by atoms with Gasteiger partial charge in [-0.05, 0) is 48.8 Å². The van der Waals surface area contributed by atoms with Crippen LogP contribution >= 0.6 is 12.6 Å². The Morgan fingerprint density at radius 1 is 1.27 bits per heavy atom. The first kappa shape index (κ1) is 11.8. The number of piperidine rings is 1. The van der Waals surface area contributed by atoms with Gasteiger partial charge in [-0.3, -0.25) is 0 Å². The second-order valence-corrected chi connectivity index (χ2v) is 6.31. The van der Waals surface area contributed by atoms with Crippen LogP contribution in [0.3, 0.4) is 0 Å². The summed E-state index contributed by atoms with van der Waals surface area (Å²) in [5.74, 6) is 2.90. The molecule has 0 bridgehead atoms. The lowest BCUT2D eigenvalue weighted by Crippen LogP contribution is -2.48. The smallest absolute Gasteiger partial charge is 0.00459 e. The van der Waals surface area contributed by atoms with Crippen LogP contribution in [0.4, 0.5) is 0 Å². The van der Waals surface area contributed by atoms with Gasteiger partial charge in [0.15, 0.2) is 0 Å². The normalized spacial score (nSPS) is 36.2. The van der Waals surface area contributed by atoms with Crippen LogP contribution in [0.15, 0.2) is 0 Å². The molecule has 15 heavy (non-hydrogen) atoms. The van der Waals surface area contributed by atoms with E-state index in [1.165, 1.54) is 45.3 Å². The third-order valence-electron chi connectivity index (χ3n) is 4.73.